The Hall–Kier alpha value is -2.55. The molecular formula is C13H16N8O. The molecule has 0 aliphatic carbocycles. The van der Waals surface area contributed by atoms with Crippen molar-refractivity contribution in [1.82, 2.24) is 35.3 Å². The van der Waals surface area contributed by atoms with E-state index in [9.17, 15) is 0 Å². The Labute approximate surface area is 126 Å². The van der Waals surface area contributed by atoms with Crippen molar-refractivity contribution in [2.24, 2.45) is 0 Å². The van der Waals surface area contributed by atoms with Gasteiger partial charge in [-0.05, 0) is 0 Å². The van der Waals surface area contributed by atoms with Crippen molar-refractivity contribution in [2.45, 2.75) is 19.4 Å². The van der Waals surface area contributed by atoms with Crippen LogP contribution in [0, 0.1) is 0 Å². The van der Waals surface area contributed by atoms with Gasteiger partial charge in [0, 0.05) is 13.0 Å². The number of ether oxygens (including phenoxy) is 1. The second-order valence-corrected chi connectivity index (χ2v) is 5.13. The maximum Gasteiger partial charge on any atom is 0.181 e. The summed E-state index contributed by atoms with van der Waals surface area (Å²) in [5, 5.41) is 15.0. The molecule has 1 aliphatic heterocycles. The fourth-order valence-electron chi connectivity index (χ4n) is 2.61. The zero-order chi connectivity index (χ0) is 14.9. The predicted molar refractivity (Wildman–Crippen MR) is 78.4 cm³/mol. The highest BCUT2D eigenvalue weighted by Crippen LogP contribution is 2.26. The van der Waals surface area contributed by atoms with Crippen LogP contribution in [0.1, 0.15) is 24.7 Å². The van der Waals surface area contributed by atoms with E-state index >= 15 is 0 Å². The number of aromatic amines is 2. The highest BCUT2D eigenvalue weighted by atomic mass is 16.5. The van der Waals surface area contributed by atoms with Gasteiger partial charge in [-0.1, -0.05) is 6.92 Å². The quantitative estimate of drug-likeness (QED) is 0.729. The van der Waals surface area contributed by atoms with Crippen molar-refractivity contribution in [3.63, 3.8) is 0 Å². The average molecular weight is 300 g/mol. The molecule has 0 spiro atoms. The smallest absolute Gasteiger partial charge is 0.181 e. The maximum atomic E-state index is 5.81. The molecule has 114 valence electrons. The zero-order valence-corrected chi connectivity index (χ0v) is 12.2. The van der Waals surface area contributed by atoms with E-state index in [4.69, 9.17) is 4.74 Å². The number of hydrogen-bond donors (Lipinski definition) is 2. The number of H-pyrrole nitrogens is 2. The van der Waals surface area contributed by atoms with Crippen molar-refractivity contribution in [1.29, 1.82) is 0 Å². The second-order valence-electron chi connectivity index (χ2n) is 5.13. The number of aromatic nitrogens is 7. The fourth-order valence-corrected chi connectivity index (χ4v) is 2.61. The predicted octanol–water partition coefficient (Wildman–Crippen LogP) is 0.611. The van der Waals surface area contributed by atoms with Gasteiger partial charge in [0.2, 0.25) is 0 Å². The molecule has 22 heavy (non-hydrogen) atoms. The molecule has 3 aromatic heterocycles. The Kier molecular flexibility index (Phi) is 3.19. The summed E-state index contributed by atoms with van der Waals surface area (Å²) in [5.41, 5.74) is 0.735. The van der Waals surface area contributed by atoms with Crippen LogP contribution in [0.2, 0.25) is 0 Å². The summed E-state index contributed by atoms with van der Waals surface area (Å²) in [4.78, 5) is 15.2. The lowest BCUT2D eigenvalue weighted by Crippen LogP contribution is -2.39. The van der Waals surface area contributed by atoms with Crippen molar-refractivity contribution in [2.75, 3.05) is 24.6 Å². The Balaban J connectivity index is 1.62. The third-order valence-corrected chi connectivity index (χ3v) is 3.76. The molecule has 1 fully saturated rings. The van der Waals surface area contributed by atoms with Crippen LogP contribution in [-0.2, 0) is 11.2 Å². The molecule has 4 rings (SSSR count). The summed E-state index contributed by atoms with van der Waals surface area (Å²) in [7, 11) is 0. The lowest BCUT2D eigenvalue weighted by molar-refractivity contribution is 0.0340. The Morgan fingerprint density at radius 2 is 2.32 bits per heavy atom. The van der Waals surface area contributed by atoms with Crippen LogP contribution in [0.15, 0.2) is 12.5 Å². The topological polar surface area (TPSA) is 108 Å². The van der Waals surface area contributed by atoms with Crippen LogP contribution in [0.25, 0.3) is 11.0 Å². The number of morpholine rings is 1. The first-order chi connectivity index (χ1) is 10.8. The molecule has 9 heteroatoms. The molecule has 0 saturated carbocycles. The summed E-state index contributed by atoms with van der Waals surface area (Å²) in [5.74, 6) is 2.42. The lowest BCUT2D eigenvalue weighted by Gasteiger charge is -2.32. The van der Waals surface area contributed by atoms with Crippen molar-refractivity contribution in [3.05, 3.63) is 24.2 Å². The van der Waals surface area contributed by atoms with Gasteiger partial charge < -0.3 is 9.64 Å². The van der Waals surface area contributed by atoms with E-state index in [0.717, 1.165) is 35.6 Å². The minimum atomic E-state index is -0.165. The fraction of sp³-hybridized carbons (Fsp3) is 0.462. The van der Waals surface area contributed by atoms with Crippen LogP contribution in [0.5, 0.6) is 0 Å². The number of hydrogen-bond acceptors (Lipinski definition) is 7. The Bertz CT molecular complexity index is 781. The number of nitrogens with zero attached hydrogens (tertiary/aromatic N) is 6. The van der Waals surface area contributed by atoms with Crippen LogP contribution < -0.4 is 4.90 Å². The largest absolute Gasteiger partial charge is 0.366 e. The van der Waals surface area contributed by atoms with E-state index < -0.39 is 0 Å². The highest BCUT2D eigenvalue weighted by Gasteiger charge is 2.27. The maximum absolute atomic E-state index is 5.81. The molecule has 3 aromatic rings. The van der Waals surface area contributed by atoms with Gasteiger partial charge >= 0.3 is 0 Å². The SMILES string of the molecule is CCc1nc(C2CN(c3ncnc4[nH]ncc34)CCO2)n[nH]1. The third-order valence-electron chi connectivity index (χ3n) is 3.76. The summed E-state index contributed by atoms with van der Waals surface area (Å²) >= 11 is 0. The minimum Gasteiger partial charge on any atom is -0.366 e. The van der Waals surface area contributed by atoms with Crippen LogP contribution in [0.3, 0.4) is 0 Å². The number of rotatable bonds is 3. The summed E-state index contributed by atoms with van der Waals surface area (Å²) in [6.07, 6.45) is 3.95. The van der Waals surface area contributed by atoms with Crippen molar-refractivity contribution >= 4 is 16.9 Å². The molecule has 0 bridgehead atoms. The monoisotopic (exact) mass is 300 g/mol. The molecule has 9 nitrogen and oxygen atoms in total. The first kappa shape index (κ1) is 13.1. The number of fused-ring (bicyclic) bond motifs is 1. The number of anilines is 1. The van der Waals surface area contributed by atoms with E-state index in [1.807, 2.05) is 6.92 Å². The molecule has 1 aliphatic rings. The van der Waals surface area contributed by atoms with Gasteiger partial charge in [0.1, 0.15) is 24.1 Å². The van der Waals surface area contributed by atoms with E-state index in [1.165, 1.54) is 0 Å². The van der Waals surface area contributed by atoms with Gasteiger partial charge in [0.25, 0.3) is 0 Å². The molecule has 1 atom stereocenters. The Morgan fingerprint density at radius 1 is 1.36 bits per heavy atom. The van der Waals surface area contributed by atoms with Crippen molar-refractivity contribution in [3.8, 4) is 0 Å². The van der Waals surface area contributed by atoms with Gasteiger partial charge in [0.05, 0.1) is 24.7 Å². The van der Waals surface area contributed by atoms with Crippen LogP contribution in [-0.4, -0.2) is 55.0 Å². The standard InChI is InChI=1S/C13H16N8O/c1-2-10-17-12(20-18-10)9-6-21(3-4-22-9)13-8-5-16-19-11(8)14-7-15-13/h5,7,9H,2-4,6H2,1H3,(H,17,18,20)(H,14,15,16,19). The minimum absolute atomic E-state index is 0.165. The third kappa shape index (κ3) is 2.19. The molecule has 0 radical (unpaired) electrons. The molecule has 2 N–H and O–H groups in total. The lowest BCUT2D eigenvalue weighted by atomic mass is 10.2. The van der Waals surface area contributed by atoms with Gasteiger partial charge in [-0.3, -0.25) is 10.2 Å². The highest BCUT2D eigenvalue weighted by molar-refractivity contribution is 5.86. The summed E-state index contributed by atoms with van der Waals surface area (Å²) < 4.78 is 5.81. The van der Waals surface area contributed by atoms with E-state index in [-0.39, 0.29) is 6.10 Å². The van der Waals surface area contributed by atoms with E-state index in [0.29, 0.717) is 19.0 Å². The van der Waals surface area contributed by atoms with E-state index in [2.05, 4.69) is 40.2 Å². The molecule has 0 aromatic carbocycles. The van der Waals surface area contributed by atoms with Gasteiger partial charge in [-0.25, -0.2) is 15.0 Å². The summed E-state index contributed by atoms with van der Waals surface area (Å²) in [6, 6.07) is 0. The normalized spacial score (nSPS) is 19.0. The second kappa shape index (κ2) is 5.34. The first-order valence-corrected chi connectivity index (χ1v) is 7.27. The molecule has 0 amide bonds. The molecule has 4 heterocycles. The zero-order valence-electron chi connectivity index (χ0n) is 12.2. The van der Waals surface area contributed by atoms with Gasteiger partial charge in [-0.2, -0.15) is 10.2 Å². The average Bonchev–Trinajstić information content (AvgIpc) is 3.23. The molecule has 1 unspecified atom stereocenters. The number of aryl methyl sites for hydroxylation is 1. The van der Waals surface area contributed by atoms with Crippen LogP contribution in [0.4, 0.5) is 5.82 Å². The molecule has 1 saturated heterocycles. The van der Waals surface area contributed by atoms with Gasteiger partial charge in [-0.15, -0.1) is 0 Å². The van der Waals surface area contributed by atoms with Gasteiger partial charge in [0.15, 0.2) is 11.5 Å². The van der Waals surface area contributed by atoms with E-state index in [1.54, 1.807) is 12.5 Å². The number of nitrogens with one attached hydrogen (secondary N) is 2. The van der Waals surface area contributed by atoms with Crippen LogP contribution >= 0.6 is 0 Å². The van der Waals surface area contributed by atoms with Crippen molar-refractivity contribution < 1.29 is 4.74 Å². The Morgan fingerprint density at radius 3 is 3.18 bits per heavy atom. The molecular weight excluding hydrogens is 284 g/mol. The summed E-state index contributed by atoms with van der Waals surface area (Å²) in [6.45, 7) is 4.05. The first-order valence-electron chi connectivity index (χ1n) is 7.27.